The van der Waals surface area contributed by atoms with Gasteiger partial charge in [0, 0.05) is 25.7 Å². The molecule has 0 saturated heterocycles. The third-order valence-electron chi connectivity index (χ3n) is 18.0. The molecular weight excluding hydrogens is 1260 g/mol. The average molecular weight is 1410 g/mol. The molecule has 5 atom stereocenters. The van der Waals surface area contributed by atoms with Crippen LogP contribution in [-0.4, -0.2) is 96.7 Å². The number of carbonyl (C=O) groups is 4. The van der Waals surface area contributed by atoms with Crippen LogP contribution in [0, 0.1) is 5.92 Å². The molecule has 0 aromatic heterocycles. The summed E-state index contributed by atoms with van der Waals surface area (Å²) in [6, 6.07) is 0. The number of esters is 4. The largest absolute Gasteiger partial charge is 0.472 e. The lowest BCUT2D eigenvalue weighted by atomic mass is 10.0. The van der Waals surface area contributed by atoms with E-state index in [1.165, 1.54) is 231 Å². The Balaban J connectivity index is 5.20. The van der Waals surface area contributed by atoms with Gasteiger partial charge in [-0.25, -0.2) is 9.13 Å². The summed E-state index contributed by atoms with van der Waals surface area (Å²) in [7, 11) is -9.91. The number of carbonyl (C=O) groups excluding carboxylic acids is 4. The molecule has 2 unspecified atom stereocenters. The summed E-state index contributed by atoms with van der Waals surface area (Å²) in [4.78, 5) is 72.8. The van der Waals surface area contributed by atoms with Crippen LogP contribution in [0.2, 0.25) is 0 Å². The van der Waals surface area contributed by atoms with Gasteiger partial charge in [0.2, 0.25) is 0 Å². The fourth-order valence-corrected chi connectivity index (χ4v) is 13.5. The van der Waals surface area contributed by atoms with Gasteiger partial charge < -0.3 is 33.8 Å². The van der Waals surface area contributed by atoms with Crippen molar-refractivity contribution in [2.24, 2.45) is 5.92 Å². The first-order chi connectivity index (χ1) is 46.5. The summed E-state index contributed by atoms with van der Waals surface area (Å²) in [5.41, 5.74) is 0. The van der Waals surface area contributed by atoms with Crippen LogP contribution >= 0.6 is 15.6 Å². The molecule has 0 radical (unpaired) electrons. The van der Waals surface area contributed by atoms with Gasteiger partial charge in [-0.15, -0.1) is 0 Å². The standard InChI is InChI=1S/C77H150O17P2/c1-6-9-12-15-18-21-24-25-26-27-28-31-34-37-42-46-51-56-61-75(80)88-67-73(94-77(82)63-58-53-48-43-38-35-32-29-30-33-36-39-44-49-54-59-70(4)5)69-92-96(85,86)90-65-71(78)64-89-95(83,84)91-68-72(93-76(81)62-57-52-47-41-23-20-17-14-11-8-3)66-87-74(79)60-55-50-45-40-22-19-16-13-10-7-2/h70-73,78H,6-69H2,1-5H3,(H,83,84)(H,85,86)/t71-,72+,73+/m0/s1. The quantitative estimate of drug-likeness (QED) is 0.0222. The molecule has 0 aliphatic heterocycles. The van der Waals surface area contributed by atoms with Crippen LogP contribution in [0.4, 0.5) is 0 Å². The van der Waals surface area contributed by atoms with Crippen LogP contribution < -0.4 is 0 Å². The number of unbranched alkanes of at least 4 members (excludes halogenated alkanes) is 49. The van der Waals surface area contributed by atoms with Gasteiger partial charge in [0.15, 0.2) is 12.2 Å². The average Bonchev–Trinajstić information content (AvgIpc) is 1.86. The van der Waals surface area contributed by atoms with Crippen molar-refractivity contribution in [2.75, 3.05) is 39.6 Å². The minimum absolute atomic E-state index is 0.107. The lowest BCUT2D eigenvalue weighted by Crippen LogP contribution is -2.30. The zero-order valence-corrected chi connectivity index (χ0v) is 64.3. The lowest BCUT2D eigenvalue weighted by molar-refractivity contribution is -0.161. The second-order valence-corrected chi connectivity index (χ2v) is 31.1. The second-order valence-electron chi connectivity index (χ2n) is 28.2. The minimum atomic E-state index is -4.96. The van der Waals surface area contributed by atoms with Crippen LogP contribution in [-0.2, 0) is 65.4 Å². The van der Waals surface area contributed by atoms with Crippen LogP contribution in [0.25, 0.3) is 0 Å². The molecule has 0 bridgehead atoms. The van der Waals surface area contributed by atoms with Crippen molar-refractivity contribution >= 4 is 39.5 Å². The predicted octanol–water partition coefficient (Wildman–Crippen LogP) is 22.9. The van der Waals surface area contributed by atoms with Gasteiger partial charge in [0.05, 0.1) is 26.4 Å². The summed E-state index contributed by atoms with van der Waals surface area (Å²) < 4.78 is 68.5. The highest BCUT2D eigenvalue weighted by Crippen LogP contribution is 2.45. The summed E-state index contributed by atoms with van der Waals surface area (Å²) in [5.74, 6) is -1.31. The highest BCUT2D eigenvalue weighted by Gasteiger charge is 2.30. The second kappa shape index (κ2) is 70.1. The summed E-state index contributed by atoms with van der Waals surface area (Å²) in [6.07, 6.45) is 59.6. The smallest absolute Gasteiger partial charge is 0.462 e. The third-order valence-corrected chi connectivity index (χ3v) is 19.9. The molecule has 96 heavy (non-hydrogen) atoms. The van der Waals surface area contributed by atoms with Crippen LogP contribution in [0.3, 0.4) is 0 Å². The fourth-order valence-electron chi connectivity index (χ4n) is 11.9. The van der Waals surface area contributed by atoms with Crippen molar-refractivity contribution in [1.82, 2.24) is 0 Å². The molecule has 17 nitrogen and oxygen atoms in total. The molecule has 0 spiro atoms. The molecule has 0 heterocycles. The number of aliphatic hydroxyl groups is 1. The van der Waals surface area contributed by atoms with Gasteiger partial charge in [0.1, 0.15) is 19.3 Å². The van der Waals surface area contributed by atoms with E-state index in [4.69, 9.17) is 37.0 Å². The van der Waals surface area contributed by atoms with Gasteiger partial charge in [-0.3, -0.25) is 37.3 Å². The van der Waals surface area contributed by atoms with E-state index in [1.807, 2.05) is 0 Å². The first-order valence-electron chi connectivity index (χ1n) is 40.1. The van der Waals surface area contributed by atoms with Crippen molar-refractivity contribution in [3.63, 3.8) is 0 Å². The van der Waals surface area contributed by atoms with Crippen molar-refractivity contribution in [2.45, 2.75) is 425 Å². The molecule has 0 aliphatic carbocycles. The Morgan fingerprint density at radius 3 is 0.708 bits per heavy atom. The zero-order valence-electron chi connectivity index (χ0n) is 62.5. The molecule has 0 saturated carbocycles. The molecule has 0 aromatic carbocycles. The number of phosphoric acid groups is 2. The van der Waals surface area contributed by atoms with E-state index >= 15 is 0 Å². The van der Waals surface area contributed by atoms with Crippen molar-refractivity contribution in [3.05, 3.63) is 0 Å². The highest BCUT2D eigenvalue weighted by atomic mass is 31.2. The maximum absolute atomic E-state index is 13.1. The van der Waals surface area contributed by atoms with E-state index in [1.54, 1.807) is 0 Å². The Bertz CT molecular complexity index is 1840. The van der Waals surface area contributed by atoms with Gasteiger partial charge in [-0.05, 0) is 31.6 Å². The number of hydrogen-bond donors (Lipinski definition) is 3. The van der Waals surface area contributed by atoms with E-state index in [0.29, 0.717) is 25.7 Å². The molecule has 0 amide bonds. The maximum atomic E-state index is 13.1. The summed E-state index contributed by atoms with van der Waals surface area (Å²) >= 11 is 0. The Hall–Kier alpha value is -1.94. The maximum Gasteiger partial charge on any atom is 0.472 e. The normalized spacial score (nSPS) is 13.9. The summed E-state index contributed by atoms with van der Waals surface area (Å²) in [5, 5.41) is 10.6. The minimum Gasteiger partial charge on any atom is -0.462 e. The first kappa shape index (κ1) is 94.1. The Labute approximate surface area is 588 Å². The van der Waals surface area contributed by atoms with Crippen molar-refractivity contribution in [1.29, 1.82) is 0 Å². The Morgan fingerprint density at radius 2 is 0.479 bits per heavy atom. The monoisotopic (exact) mass is 1410 g/mol. The molecule has 0 aliphatic rings. The van der Waals surface area contributed by atoms with E-state index < -0.39 is 97.5 Å². The van der Waals surface area contributed by atoms with Gasteiger partial charge in [-0.2, -0.15) is 0 Å². The molecule has 3 N–H and O–H groups in total. The number of phosphoric ester groups is 2. The van der Waals surface area contributed by atoms with Gasteiger partial charge >= 0.3 is 39.5 Å². The number of aliphatic hydroxyl groups excluding tert-OH is 1. The summed E-state index contributed by atoms with van der Waals surface area (Å²) in [6.45, 7) is 7.31. The molecule has 0 fully saturated rings. The SMILES string of the molecule is CCCCCCCCCCCCCCCCCCCCC(=O)OC[C@H](COP(=O)(O)OC[C@@H](O)COP(=O)(O)OC[C@@H](COC(=O)CCCCCCCCCCCC)OC(=O)CCCCCCCCCCCC)OC(=O)CCCCCCCCCCCCCCCCCC(C)C. The van der Waals surface area contributed by atoms with Crippen LogP contribution in [0.5, 0.6) is 0 Å². The number of ether oxygens (including phenoxy) is 4. The molecule has 570 valence electrons. The van der Waals surface area contributed by atoms with E-state index in [-0.39, 0.29) is 25.7 Å². The van der Waals surface area contributed by atoms with Gasteiger partial charge in [0.25, 0.3) is 0 Å². The number of hydrogen-bond acceptors (Lipinski definition) is 15. The topological polar surface area (TPSA) is 237 Å². The van der Waals surface area contributed by atoms with Gasteiger partial charge in [-0.1, -0.05) is 356 Å². The molecule has 0 rings (SSSR count). The molecular formula is C77H150O17P2. The van der Waals surface area contributed by atoms with Crippen LogP contribution in [0.15, 0.2) is 0 Å². The lowest BCUT2D eigenvalue weighted by Gasteiger charge is -2.21. The Morgan fingerprint density at radius 1 is 0.281 bits per heavy atom. The molecule has 0 aromatic rings. The number of rotatable bonds is 77. The molecule has 19 heteroatoms. The fraction of sp³-hybridized carbons (Fsp3) is 0.948. The van der Waals surface area contributed by atoms with E-state index in [0.717, 1.165) is 95.8 Å². The predicted molar refractivity (Wildman–Crippen MR) is 391 cm³/mol. The Kier molecular flexibility index (Phi) is 68.7. The van der Waals surface area contributed by atoms with Crippen molar-refractivity contribution < 1.29 is 80.2 Å². The highest BCUT2D eigenvalue weighted by molar-refractivity contribution is 7.47. The first-order valence-corrected chi connectivity index (χ1v) is 43.1. The van der Waals surface area contributed by atoms with Crippen LogP contribution in [0.1, 0.15) is 407 Å². The third kappa shape index (κ3) is 70.5. The van der Waals surface area contributed by atoms with E-state index in [2.05, 4.69) is 34.6 Å². The van der Waals surface area contributed by atoms with E-state index in [9.17, 15) is 43.2 Å². The van der Waals surface area contributed by atoms with Crippen molar-refractivity contribution in [3.8, 4) is 0 Å². The zero-order chi connectivity index (χ0) is 70.5.